The van der Waals surface area contributed by atoms with Crippen LogP contribution >= 0.6 is 0 Å². The lowest BCUT2D eigenvalue weighted by atomic mass is 10.1. The highest BCUT2D eigenvalue weighted by molar-refractivity contribution is 5.95. The van der Waals surface area contributed by atoms with Crippen LogP contribution in [-0.2, 0) is 11.2 Å². The summed E-state index contributed by atoms with van der Waals surface area (Å²) in [6, 6.07) is 17.5. The van der Waals surface area contributed by atoms with Gasteiger partial charge in [-0.05, 0) is 36.6 Å². The minimum Gasteiger partial charge on any atom is -0.493 e. The number of aryl methyl sites for hydroxylation is 2. The van der Waals surface area contributed by atoms with Crippen molar-refractivity contribution in [2.75, 3.05) is 26.6 Å². The number of aromatic nitrogens is 2. The second-order valence-corrected chi connectivity index (χ2v) is 7.60. The molecule has 0 aliphatic heterocycles. The summed E-state index contributed by atoms with van der Waals surface area (Å²) in [7, 11) is 4.72. The van der Waals surface area contributed by atoms with Crippen LogP contribution in [0.1, 0.15) is 17.5 Å². The summed E-state index contributed by atoms with van der Waals surface area (Å²) in [6.45, 7) is 2.01. The molecule has 0 radical (unpaired) electrons. The Morgan fingerprint density at radius 1 is 0.939 bits per heavy atom. The fourth-order valence-corrected chi connectivity index (χ4v) is 3.92. The first-order valence-electron chi connectivity index (χ1n) is 10.7. The quantitative estimate of drug-likeness (QED) is 0.417. The van der Waals surface area contributed by atoms with E-state index in [0.29, 0.717) is 29.5 Å². The molecule has 2 aromatic carbocycles. The number of amides is 1. The molecule has 0 saturated heterocycles. The average molecular weight is 446 g/mol. The zero-order valence-electron chi connectivity index (χ0n) is 19.2. The highest BCUT2D eigenvalue weighted by atomic mass is 16.5. The van der Waals surface area contributed by atoms with E-state index in [0.717, 1.165) is 28.0 Å². The predicted octanol–water partition coefficient (Wildman–Crippen LogP) is 4.91. The van der Waals surface area contributed by atoms with Crippen LogP contribution in [0.5, 0.6) is 17.2 Å². The fourth-order valence-electron chi connectivity index (χ4n) is 3.92. The molecule has 7 nitrogen and oxygen atoms in total. The second kappa shape index (κ2) is 9.65. The molecule has 2 aromatic heterocycles. The lowest BCUT2D eigenvalue weighted by molar-refractivity contribution is -0.116. The van der Waals surface area contributed by atoms with E-state index in [1.165, 1.54) is 0 Å². The van der Waals surface area contributed by atoms with E-state index in [-0.39, 0.29) is 12.3 Å². The van der Waals surface area contributed by atoms with Crippen LogP contribution in [0.3, 0.4) is 0 Å². The molecule has 7 heteroatoms. The lowest BCUT2D eigenvalue weighted by Crippen LogP contribution is -2.15. The third kappa shape index (κ3) is 4.35. The molecule has 2 heterocycles. The third-order valence-corrected chi connectivity index (χ3v) is 5.56. The fraction of sp³-hybridized carbons (Fsp3) is 0.231. The minimum atomic E-state index is -0.118. The van der Waals surface area contributed by atoms with Gasteiger partial charge >= 0.3 is 0 Å². The van der Waals surface area contributed by atoms with Gasteiger partial charge in [0.25, 0.3) is 0 Å². The van der Waals surface area contributed by atoms with E-state index in [9.17, 15) is 4.79 Å². The molecule has 0 bridgehead atoms. The van der Waals surface area contributed by atoms with Gasteiger partial charge in [0.2, 0.25) is 11.7 Å². The summed E-state index contributed by atoms with van der Waals surface area (Å²) >= 11 is 0. The van der Waals surface area contributed by atoms with Crippen molar-refractivity contribution in [1.29, 1.82) is 0 Å². The molecular formula is C26H27N3O4. The Morgan fingerprint density at radius 2 is 1.70 bits per heavy atom. The van der Waals surface area contributed by atoms with Crippen molar-refractivity contribution in [2.45, 2.75) is 19.8 Å². The molecule has 4 rings (SSSR count). The van der Waals surface area contributed by atoms with Crippen molar-refractivity contribution in [3.63, 3.8) is 0 Å². The van der Waals surface area contributed by atoms with E-state index in [4.69, 9.17) is 19.2 Å². The third-order valence-electron chi connectivity index (χ3n) is 5.56. The van der Waals surface area contributed by atoms with E-state index in [1.807, 2.05) is 72.1 Å². The van der Waals surface area contributed by atoms with Crippen LogP contribution < -0.4 is 19.5 Å². The number of methoxy groups -OCH3 is 3. The number of nitrogens with zero attached hydrogens (tertiary/aromatic N) is 2. The van der Waals surface area contributed by atoms with Gasteiger partial charge in [-0.3, -0.25) is 9.20 Å². The van der Waals surface area contributed by atoms with Crippen molar-refractivity contribution in [2.24, 2.45) is 0 Å². The van der Waals surface area contributed by atoms with Gasteiger partial charge in [-0.15, -0.1) is 0 Å². The van der Waals surface area contributed by atoms with Crippen LogP contribution in [0.25, 0.3) is 16.9 Å². The van der Waals surface area contributed by atoms with Gasteiger partial charge in [-0.25, -0.2) is 4.98 Å². The van der Waals surface area contributed by atoms with Crippen LogP contribution in [0, 0.1) is 6.92 Å². The van der Waals surface area contributed by atoms with E-state index >= 15 is 0 Å². The number of anilines is 1. The number of fused-ring (bicyclic) bond motifs is 1. The topological polar surface area (TPSA) is 74.1 Å². The number of hydrogen-bond acceptors (Lipinski definition) is 5. The first-order chi connectivity index (χ1) is 16.1. The van der Waals surface area contributed by atoms with E-state index in [2.05, 4.69) is 5.32 Å². The average Bonchev–Trinajstić information content (AvgIpc) is 3.22. The summed E-state index contributed by atoms with van der Waals surface area (Å²) in [5.41, 5.74) is 4.39. The van der Waals surface area contributed by atoms with Gasteiger partial charge in [0, 0.05) is 18.2 Å². The monoisotopic (exact) mass is 445 g/mol. The summed E-state index contributed by atoms with van der Waals surface area (Å²) in [5, 5.41) is 3.08. The van der Waals surface area contributed by atoms with Gasteiger partial charge in [-0.2, -0.15) is 0 Å². The van der Waals surface area contributed by atoms with E-state index < -0.39 is 0 Å². The molecule has 0 atom stereocenters. The van der Waals surface area contributed by atoms with Gasteiger partial charge < -0.3 is 19.5 Å². The number of nitrogens with one attached hydrogen (secondary N) is 1. The number of pyridine rings is 1. The Morgan fingerprint density at radius 3 is 2.39 bits per heavy atom. The highest BCUT2D eigenvalue weighted by Gasteiger charge is 2.19. The second-order valence-electron chi connectivity index (χ2n) is 7.60. The maximum Gasteiger partial charge on any atom is 0.225 e. The maximum absolute atomic E-state index is 13.0. The molecule has 0 saturated carbocycles. The molecule has 0 unspecified atom stereocenters. The smallest absolute Gasteiger partial charge is 0.225 e. The Balaban J connectivity index is 1.61. The number of carbonyl (C=O) groups is 1. The Hall–Kier alpha value is -4.00. The van der Waals surface area contributed by atoms with Crippen LogP contribution in [-0.4, -0.2) is 36.6 Å². The summed E-state index contributed by atoms with van der Waals surface area (Å²) in [4.78, 5) is 17.8. The standard InChI is InChI=1S/C26H27N3O4/c1-17-9-8-16-29-25(17)28-22(18-10-6-5-7-11-18)26(29)27-21(30)15-13-19-12-14-20(31-2)24(33-4)23(19)32-3/h5-12,14,16H,13,15H2,1-4H3,(H,27,30). The minimum absolute atomic E-state index is 0.118. The van der Waals surface area contributed by atoms with Crippen LogP contribution in [0.4, 0.5) is 5.82 Å². The number of ether oxygens (including phenoxy) is 3. The van der Waals surface area contributed by atoms with Crippen LogP contribution in [0.2, 0.25) is 0 Å². The number of hydrogen-bond donors (Lipinski definition) is 1. The molecule has 4 aromatic rings. The molecule has 0 aliphatic rings. The van der Waals surface area contributed by atoms with Crippen molar-refractivity contribution < 1.29 is 19.0 Å². The van der Waals surface area contributed by atoms with Gasteiger partial charge in [0.15, 0.2) is 11.5 Å². The Kier molecular flexibility index (Phi) is 6.49. The summed E-state index contributed by atoms with van der Waals surface area (Å²) < 4.78 is 18.3. The van der Waals surface area contributed by atoms with Crippen LogP contribution in [0.15, 0.2) is 60.8 Å². The Bertz CT molecular complexity index is 1280. The summed E-state index contributed by atoms with van der Waals surface area (Å²) in [5.74, 6) is 2.20. The number of benzene rings is 2. The molecule has 1 N–H and O–H groups in total. The van der Waals surface area contributed by atoms with Gasteiger partial charge in [0.05, 0.1) is 21.3 Å². The molecule has 0 spiro atoms. The van der Waals surface area contributed by atoms with Crippen molar-refractivity contribution >= 4 is 17.4 Å². The molecule has 170 valence electrons. The van der Waals surface area contributed by atoms with Gasteiger partial charge in [-0.1, -0.05) is 42.5 Å². The first-order valence-corrected chi connectivity index (χ1v) is 10.7. The zero-order chi connectivity index (χ0) is 23.4. The highest BCUT2D eigenvalue weighted by Crippen LogP contribution is 2.40. The van der Waals surface area contributed by atoms with Crippen molar-refractivity contribution in [1.82, 2.24) is 9.38 Å². The first kappa shape index (κ1) is 22.2. The molecular weight excluding hydrogens is 418 g/mol. The molecule has 1 amide bonds. The lowest BCUT2D eigenvalue weighted by Gasteiger charge is -2.15. The number of rotatable bonds is 8. The normalized spacial score (nSPS) is 10.8. The SMILES string of the molecule is COc1ccc(CCC(=O)Nc2c(-c3ccccc3)nc3c(C)cccn23)c(OC)c1OC. The molecule has 33 heavy (non-hydrogen) atoms. The maximum atomic E-state index is 13.0. The van der Waals surface area contributed by atoms with Gasteiger partial charge in [0.1, 0.15) is 17.2 Å². The largest absolute Gasteiger partial charge is 0.493 e. The zero-order valence-corrected chi connectivity index (χ0v) is 19.2. The molecule has 0 fully saturated rings. The van der Waals surface area contributed by atoms with E-state index in [1.54, 1.807) is 21.3 Å². The number of imidazole rings is 1. The van der Waals surface area contributed by atoms with Crippen molar-refractivity contribution in [3.8, 4) is 28.5 Å². The molecule has 0 aliphatic carbocycles. The summed E-state index contributed by atoms with van der Waals surface area (Å²) in [6.07, 6.45) is 2.65. The predicted molar refractivity (Wildman–Crippen MR) is 128 cm³/mol. The van der Waals surface area contributed by atoms with Crippen molar-refractivity contribution in [3.05, 3.63) is 71.9 Å². The number of carbonyl (C=O) groups excluding carboxylic acids is 1. The Labute approximate surface area is 192 Å².